The predicted octanol–water partition coefficient (Wildman–Crippen LogP) is 4.20. The summed E-state index contributed by atoms with van der Waals surface area (Å²) in [5.74, 6) is 0.0352. The van der Waals surface area contributed by atoms with Crippen LogP contribution in [0.3, 0.4) is 0 Å². The van der Waals surface area contributed by atoms with Crippen LogP contribution < -0.4 is 5.32 Å². The van der Waals surface area contributed by atoms with Gasteiger partial charge in [-0.05, 0) is 30.5 Å². The molecule has 0 bridgehead atoms. The number of para-hydroxylation sites is 1. The normalized spacial score (nSPS) is 10.5. The Morgan fingerprint density at radius 1 is 1.00 bits per heavy atom. The van der Waals surface area contributed by atoms with Crippen molar-refractivity contribution in [3.8, 4) is 0 Å². The maximum Gasteiger partial charge on any atom is 0.224 e. The lowest BCUT2D eigenvalue weighted by molar-refractivity contribution is -0.116. The number of benzene rings is 2. The second kappa shape index (κ2) is 6.85. The largest absolute Gasteiger partial charge is 0.325 e. The van der Waals surface area contributed by atoms with Crippen LogP contribution in [0.4, 0.5) is 5.69 Å². The molecule has 0 saturated carbocycles. The Morgan fingerprint density at radius 3 is 2.64 bits per heavy atom. The number of carbonyl (C=O) groups is 1. The van der Waals surface area contributed by atoms with Crippen molar-refractivity contribution in [2.24, 2.45) is 0 Å². The van der Waals surface area contributed by atoms with Crippen LogP contribution in [0.15, 0.2) is 66.9 Å². The van der Waals surface area contributed by atoms with E-state index in [4.69, 9.17) is 0 Å². The van der Waals surface area contributed by atoms with Crippen LogP contribution >= 0.6 is 0 Å². The van der Waals surface area contributed by atoms with Gasteiger partial charge in [0, 0.05) is 11.8 Å². The molecule has 2 aromatic carbocycles. The fourth-order valence-electron chi connectivity index (χ4n) is 2.46. The Morgan fingerprint density at radius 2 is 1.77 bits per heavy atom. The van der Waals surface area contributed by atoms with Gasteiger partial charge >= 0.3 is 0 Å². The van der Waals surface area contributed by atoms with E-state index in [2.05, 4.69) is 22.4 Å². The van der Waals surface area contributed by atoms with Crippen molar-refractivity contribution in [3.63, 3.8) is 0 Å². The molecule has 110 valence electrons. The molecule has 0 saturated heterocycles. The van der Waals surface area contributed by atoms with Crippen molar-refractivity contribution < 1.29 is 4.79 Å². The van der Waals surface area contributed by atoms with Gasteiger partial charge in [0.2, 0.25) is 5.91 Å². The van der Waals surface area contributed by atoms with E-state index in [0.29, 0.717) is 6.42 Å². The van der Waals surface area contributed by atoms with E-state index in [9.17, 15) is 4.79 Å². The van der Waals surface area contributed by atoms with E-state index < -0.39 is 0 Å². The first-order valence-corrected chi connectivity index (χ1v) is 7.50. The molecule has 3 rings (SSSR count). The third-order valence-corrected chi connectivity index (χ3v) is 3.59. The molecular formula is C19H18N2O. The summed E-state index contributed by atoms with van der Waals surface area (Å²) < 4.78 is 0. The van der Waals surface area contributed by atoms with Gasteiger partial charge in [0.15, 0.2) is 0 Å². The Labute approximate surface area is 130 Å². The van der Waals surface area contributed by atoms with E-state index in [1.165, 1.54) is 5.56 Å². The van der Waals surface area contributed by atoms with Crippen molar-refractivity contribution in [2.45, 2.75) is 19.3 Å². The van der Waals surface area contributed by atoms with Crippen molar-refractivity contribution in [2.75, 3.05) is 5.32 Å². The summed E-state index contributed by atoms with van der Waals surface area (Å²) in [6.45, 7) is 0. The van der Waals surface area contributed by atoms with E-state index >= 15 is 0 Å². The van der Waals surface area contributed by atoms with Crippen LogP contribution in [-0.2, 0) is 11.2 Å². The van der Waals surface area contributed by atoms with Crippen molar-refractivity contribution >= 4 is 22.5 Å². The van der Waals surface area contributed by atoms with Crippen LogP contribution in [0.1, 0.15) is 18.4 Å². The van der Waals surface area contributed by atoms with Gasteiger partial charge in [-0.25, -0.2) is 0 Å². The Balaban J connectivity index is 1.54. The lowest BCUT2D eigenvalue weighted by Gasteiger charge is -2.06. The number of aryl methyl sites for hydroxylation is 1. The first-order valence-electron chi connectivity index (χ1n) is 7.50. The molecule has 0 atom stereocenters. The fraction of sp³-hybridized carbons (Fsp3) is 0.158. The van der Waals surface area contributed by atoms with E-state index in [1.54, 1.807) is 6.20 Å². The number of fused-ring (bicyclic) bond motifs is 1. The highest BCUT2D eigenvalue weighted by molar-refractivity contribution is 5.93. The van der Waals surface area contributed by atoms with Crippen LogP contribution in [0.25, 0.3) is 10.9 Å². The first kappa shape index (κ1) is 14.3. The Hall–Kier alpha value is -2.68. The number of carbonyl (C=O) groups excluding carboxylic acids is 1. The molecule has 1 N–H and O–H groups in total. The minimum atomic E-state index is 0.0352. The number of amides is 1. The molecule has 3 nitrogen and oxygen atoms in total. The first-order chi connectivity index (χ1) is 10.8. The second-order valence-electron chi connectivity index (χ2n) is 5.30. The predicted molar refractivity (Wildman–Crippen MR) is 89.8 cm³/mol. The van der Waals surface area contributed by atoms with Gasteiger partial charge < -0.3 is 5.32 Å². The standard InChI is InChI=1S/C19H18N2O/c22-19(12-6-9-15-7-2-1-3-8-15)21-17-13-16-10-4-5-11-18(16)20-14-17/h1-5,7-8,10-11,13-14H,6,9,12H2,(H,21,22). The van der Waals surface area contributed by atoms with Gasteiger partial charge in [-0.15, -0.1) is 0 Å². The smallest absolute Gasteiger partial charge is 0.224 e. The monoisotopic (exact) mass is 290 g/mol. The average Bonchev–Trinajstić information content (AvgIpc) is 2.56. The third kappa shape index (κ3) is 3.70. The van der Waals surface area contributed by atoms with Gasteiger partial charge in [-0.3, -0.25) is 9.78 Å². The number of aromatic nitrogens is 1. The molecule has 0 fully saturated rings. The highest BCUT2D eigenvalue weighted by Crippen LogP contribution is 2.16. The minimum Gasteiger partial charge on any atom is -0.325 e. The molecule has 1 amide bonds. The molecule has 0 radical (unpaired) electrons. The number of nitrogens with zero attached hydrogens (tertiary/aromatic N) is 1. The fourth-order valence-corrected chi connectivity index (χ4v) is 2.46. The maximum atomic E-state index is 12.0. The lowest BCUT2D eigenvalue weighted by Crippen LogP contribution is -2.11. The SMILES string of the molecule is O=C(CCCc1ccccc1)Nc1cnc2ccccc2c1. The summed E-state index contributed by atoms with van der Waals surface area (Å²) in [7, 11) is 0. The zero-order valence-electron chi connectivity index (χ0n) is 12.3. The van der Waals surface area contributed by atoms with Gasteiger partial charge in [-0.1, -0.05) is 48.5 Å². The number of hydrogen-bond acceptors (Lipinski definition) is 2. The molecule has 3 heteroatoms. The highest BCUT2D eigenvalue weighted by Gasteiger charge is 2.04. The van der Waals surface area contributed by atoms with Crippen LogP contribution in [0.2, 0.25) is 0 Å². The second-order valence-corrected chi connectivity index (χ2v) is 5.30. The summed E-state index contributed by atoms with van der Waals surface area (Å²) in [5.41, 5.74) is 2.95. The average molecular weight is 290 g/mol. The molecular weight excluding hydrogens is 272 g/mol. The van der Waals surface area contributed by atoms with Crippen molar-refractivity contribution in [1.82, 2.24) is 4.98 Å². The zero-order valence-corrected chi connectivity index (χ0v) is 12.3. The van der Waals surface area contributed by atoms with Crippen LogP contribution in [0.5, 0.6) is 0 Å². The van der Waals surface area contributed by atoms with Gasteiger partial charge in [0.1, 0.15) is 0 Å². The molecule has 1 aromatic heterocycles. The summed E-state index contributed by atoms with van der Waals surface area (Å²) in [5, 5.41) is 3.95. The quantitative estimate of drug-likeness (QED) is 0.765. The molecule has 0 aliphatic heterocycles. The summed E-state index contributed by atoms with van der Waals surface area (Å²) in [6.07, 6.45) is 3.99. The van der Waals surface area contributed by atoms with Crippen LogP contribution in [-0.4, -0.2) is 10.9 Å². The molecule has 0 spiro atoms. The van der Waals surface area contributed by atoms with E-state index in [1.807, 2.05) is 48.5 Å². The van der Waals surface area contributed by atoms with Crippen LogP contribution in [0, 0.1) is 0 Å². The van der Waals surface area contributed by atoms with E-state index in [-0.39, 0.29) is 5.91 Å². The number of rotatable bonds is 5. The summed E-state index contributed by atoms with van der Waals surface area (Å²) in [6, 6.07) is 20.1. The molecule has 0 unspecified atom stereocenters. The van der Waals surface area contributed by atoms with Crippen molar-refractivity contribution in [3.05, 3.63) is 72.4 Å². The Bertz CT molecular complexity index is 769. The third-order valence-electron chi connectivity index (χ3n) is 3.59. The molecule has 1 heterocycles. The van der Waals surface area contributed by atoms with Gasteiger partial charge in [0.25, 0.3) is 0 Å². The number of hydrogen-bond donors (Lipinski definition) is 1. The molecule has 0 aliphatic rings. The highest BCUT2D eigenvalue weighted by atomic mass is 16.1. The topological polar surface area (TPSA) is 42.0 Å². The maximum absolute atomic E-state index is 12.0. The minimum absolute atomic E-state index is 0.0352. The van der Waals surface area contributed by atoms with Gasteiger partial charge in [-0.2, -0.15) is 0 Å². The Kier molecular flexibility index (Phi) is 4.44. The summed E-state index contributed by atoms with van der Waals surface area (Å²) in [4.78, 5) is 16.3. The zero-order chi connectivity index (χ0) is 15.2. The lowest BCUT2D eigenvalue weighted by atomic mass is 10.1. The van der Waals surface area contributed by atoms with Crippen molar-refractivity contribution in [1.29, 1.82) is 0 Å². The number of anilines is 1. The summed E-state index contributed by atoms with van der Waals surface area (Å²) >= 11 is 0. The van der Waals surface area contributed by atoms with Gasteiger partial charge in [0.05, 0.1) is 17.4 Å². The number of pyridine rings is 1. The molecule has 22 heavy (non-hydrogen) atoms. The number of nitrogens with one attached hydrogen (secondary N) is 1. The van der Waals surface area contributed by atoms with E-state index in [0.717, 1.165) is 29.4 Å². The molecule has 3 aromatic rings. The molecule has 0 aliphatic carbocycles.